The van der Waals surface area contributed by atoms with Gasteiger partial charge in [-0.1, -0.05) is 6.92 Å². The molecule has 1 heterocycles. The van der Waals surface area contributed by atoms with Crippen molar-refractivity contribution in [3.63, 3.8) is 0 Å². The van der Waals surface area contributed by atoms with E-state index in [4.69, 9.17) is 6.42 Å². The molecule has 1 aromatic heterocycles. The Hall–Kier alpha value is -0.740. The van der Waals surface area contributed by atoms with E-state index in [1.165, 1.54) is 10.4 Å². The van der Waals surface area contributed by atoms with Crippen LogP contribution in [0.3, 0.4) is 0 Å². The predicted molar refractivity (Wildman–Crippen MR) is 50.9 cm³/mol. The van der Waals surface area contributed by atoms with Crippen molar-refractivity contribution in [3.8, 4) is 12.3 Å². The van der Waals surface area contributed by atoms with Crippen LogP contribution < -0.4 is 0 Å². The monoisotopic (exact) mass is 164 g/mol. The van der Waals surface area contributed by atoms with Gasteiger partial charge in [-0.3, -0.25) is 0 Å². The molecule has 0 aromatic carbocycles. The minimum atomic E-state index is 0.869. The highest BCUT2D eigenvalue weighted by Crippen LogP contribution is 2.18. The quantitative estimate of drug-likeness (QED) is 0.603. The Morgan fingerprint density at radius 2 is 2.45 bits per heavy atom. The van der Waals surface area contributed by atoms with Gasteiger partial charge in [0, 0.05) is 11.3 Å². The van der Waals surface area contributed by atoms with E-state index in [0.29, 0.717) is 0 Å². The summed E-state index contributed by atoms with van der Waals surface area (Å²) in [6, 6.07) is 2.19. The molecule has 0 aliphatic rings. The van der Waals surface area contributed by atoms with Crippen molar-refractivity contribution in [2.45, 2.75) is 26.2 Å². The van der Waals surface area contributed by atoms with Gasteiger partial charge in [0.05, 0.1) is 0 Å². The molecular formula is C10H12S. The van der Waals surface area contributed by atoms with E-state index in [0.717, 1.165) is 19.3 Å². The van der Waals surface area contributed by atoms with Crippen molar-refractivity contribution in [2.24, 2.45) is 0 Å². The fourth-order valence-electron chi connectivity index (χ4n) is 1.09. The van der Waals surface area contributed by atoms with Crippen molar-refractivity contribution in [1.29, 1.82) is 0 Å². The summed E-state index contributed by atoms with van der Waals surface area (Å²) in [5, 5.41) is 2.14. The molecule has 0 fully saturated rings. The summed E-state index contributed by atoms with van der Waals surface area (Å²) in [5.41, 5.74) is 1.46. The zero-order valence-electron chi connectivity index (χ0n) is 6.76. The predicted octanol–water partition coefficient (Wildman–Crippen LogP) is 2.88. The van der Waals surface area contributed by atoms with E-state index in [9.17, 15) is 0 Å². The lowest BCUT2D eigenvalue weighted by Gasteiger charge is -1.96. The van der Waals surface area contributed by atoms with E-state index in [2.05, 4.69) is 24.3 Å². The third-order valence-corrected chi connectivity index (χ3v) is 2.74. The molecule has 1 aromatic rings. The van der Waals surface area contributed by atoms with Crippen molar-refractivity contribution < 1.29 is 0 Å². The van der Waals surface area contributed by atoms with Crippen molar-refractivity contribution >= 4 is 11.3 Å². The minimum Gasteiger partial charge on any atom is -0.149 e. The highest BCUT2D eigenvalue weighted by molar-refractivity contribution is 7.10. The molecule has 0 spiro atoms. The molecule has 1 rings (SSSR count). The SMILES string of the molecule is C#CCCc1sccc1CC. The van der Waals surface area contributed by atoms with Gasteiger partial charge in [-0.05, 0) is 29.9 Å². The van der Waals surface area contributed by atoms with Crippen LogP contribution in [0, 0.1) is 12.3 Å². The van der Waals surface area contributed by atoms with Crippen LogP contribution in [0.5, 0.6) is 0 Å². The maximum Gasteiger partial charge on any atom is 0.0134 e. The molecule has 0 aliphatic heterocycles. The van der Waals surface area contributed by atoms with Crippen LogP contribution in [0.4, 0.5) is 0 Å². The second-order valence-corrected chi connectivity index (χ2v) is 3.43. The molecule has 0 saturated heterocycles. The normalized spacial score (nSPS) is 9.45. The summed E-state index contributed by atoms with van der Waals surface area (Å²) >= 11 is 1.82. The van der Waals surface area contributed by atoms with Gasteiger partial charge >= 0.3 is 0 Å². The first kappa shape index (κ1) is 8.36. The number of hydrogen-bond acceptors (Lipinski definition) is 1. The van der Waals surface area contributed by atoms with Gasteiger partial charge in [-0.2, -0.15) is 0 Å². The van der Waals surface area contributed by atoms with Crippen LogP contribution in [0.1, 0.15) is 23.8 Å². The first-order valence-electron chi connectivity index (χ1n) is 3.87. The highest BCUT2D eigenvalue weighted by atomic mass is 32.1. The van der Waals surface area contributed by atoms with Crippen molar-refractivity contribution in [3.05, 3.63) is 21.9 Å². The van der Waals surface area contributed by atoms with Gasteiger partial charge in [-0.25, -0.2) is 0 Å². The molecule has 0 radical (unpaired) electrons. The molecule has 0 bridgehead atoms. The van der Waals surface area contributed by atoms with Gasteiger partial charge in [0.2, 0.25) is 0 Å². The lowest BCUT2D eigenvalue weighted by molar-refractivity contribution is 1.01. The minimum absolute atomic E-state index is 0.869. The third kappa shape index (κ3) is 2.10. The van der Waals surface area contributed by atoms with Crippen molar-refractivity contribution in [1.82, 2.24) is 0 Å². The Kier molecular flexibility index (Phi) is 3.19. The molecule has 0 N–H and O–H groups in total. The second-order valence-electron chi connectivity index (χ2n) is 2.43. The molecule has 1 heteroatoms. The van der Waals surface area contributed by atoms with Gasteiger partial charge < -0.3 is 0 Å². The Balaban J connectivity index is 2.62. The standard InChI is InChI=1S/C10H12S/c1-3-5-6-10-9(4-2)7-8-11-10/h1,7-8H,4-6H2,2H3. The maximum absolute atomic E-state index is 5.19. The fraction of sp³-hybridized carbons (Fsp3) is 0.400. The van der Waals surface area contributed by atoms with Gasteiger partial charge in [0.15, 0.2) is 0 Å². The molecule has 0 amide bonds. The number of aryl methyl sites for hydroxylation is 2. The van der Waals surface area contributed by atoms with E-state index >= 15 is 0 Å². The first-order chi connectivity index (χ1) is 5.38. The largest absolute Gasteiger partial charge is 0.149 e. The molecule has 0 aliphatic carbocycles. The fourth-order valence-corrected chi connectivity index (χ4v) is 2.07. The molecule has 58 valence electrons. The lowest BCUT2D eigenvalue weighted by atomic mass is 10.1. The lowest BCUT2D eigenvalue weighted by Crippen LogP contribution is -1.84. The van der Waals surface area contributed by atoms with Gasteiger partial charge in [0.25, 0.3) is 0 Å². The van der Waals surface area contributed by atoms with Gasteiger partial charge in [-0.15, -0.1) is 23.7 Å². The third-order valence-electron chi connectivity index (χ3n) is 1.71. The number of terminal acetylenes is 1. The van der Waals surface area contributed by atoms with Crippen LogP contribution in [0.25, 0.3) is 0 Å². The summed E-state index contributed by atoms with van der Waals surface area (Å²) in [6.45, 7) is 2.18. The summed E-state index contributed by atoms with van der Waals surface area (Å²) < 4.78 is 0. The molecule has 0 saturated carbocycles. The zero-order chi connectivity index (χ0) is 8.10. The average molecular weight is 164 g/mol. The van der Waals surface area contributed by atoms with Crippen LogP contribution in [0.2, 0.25) is 0 Å². The summed E-state index contributed by atoms with van der Waals surface area (Å²) in [6.07, 6.45) is 8.24. The Labute approximate surface area is 72.3 Å². The first-order valence-corrected chi connectivity index (χ1v) is 4.75. The van der Waals surface area contributed by atoms with Gasteiger partial charge in [0.1, 0.15) is 0 Å². The Bertz CT molecular complexity index is 252. The maximum atomic E-state index is 5.19. The Morgan fingerprint density at radius 3 is 3.09 bits per heavy atom. The van der Waals surface area contributed by atoms with Crippen LogP contribution in [0.15, 0.2) is 11.4 Å². The van der Waals surface area contributed by atoms with Crippen LogP contribution >= 0.6 is 11.3 Å². The van der Waals surface area contributed by atoms with Crippen molar-refractivity contribution in [2.75, 3.05) is 0 Å². The van der Waals surface area contributed by atoms with Crippen LogP contribution in [-0.4, -0.2) is 0 Å². The average Bonchev–Trinajstić information content (AvgIpc) is 2.47. The molecule has 0 nitrogen and oxygen atoms in total. The number of thiophene rings is 1. The smallest absolute Gasteiger partial charge is 0.0134 e. The Morgan fingerprint density at radius 1 is 1.64 bits per heavy atom. The molecular weight excluding hydrogens is 152 g/mol. The van der Waals surface area contributed by atoms with E-state index in [-0.39, 0.29) is 0 Å². The van der Waals surface area contributed by atoms with E-state index in [1.807, 2.05) is 11.3 Å². The second kappa shape index (κ2) is 4.20. The number of rotatable bonds is 3. The van der Waals surface area contributed by atoms with Crippen LogP contribution in [-0.2, 0) is 12.8 Å². The zero-order valence-corrected chi connectivity index (χ0v) is 7.58. The van der Waals surface area contributed by atoms with E-state index in [1.54, 1.807) is 0 Å². The highest BCUT2D eigenvalue weighted by Gasteiger charge is 1.99. The van der Waals surface area contributed by atoms with E-state index < -0.39 is 0 Å². The summed E-state index contributed by atoms with van der Waals surface area (Å²) in [7, 11) is 0. The topological polar surface area (TPSA) is 0 Å². The summed E-state index contributed by atoms with van der Waals surface area (Å²) in [5.74, 6) is 2.66. The molecule has 11 heavy (non-hydrogen) atoms. The molecule has 0 unspecified atom stereocenters. The number of hydrogen-bond donors (Lipinski definition) is 0. The summed E-state index contributed by atoms with van der Waals surface area (Å²) in [4.78, 5) is 1.46. The molecule has 0 atom stereocenters.